The first-order chi connectivity index (χ1) is 8.95. The molecule has 0 aromatic heterocycles. The van der Waals surface area contributed by atoms with Crippen LogP contribution in [0.15, 0.2) is 43.0 Å². The molecule has 102 valence electrons. The molecule has 1 heterocycles. The van der Waals surface area contributed by atoms with Crippen LogP contribution in [0.5, 0.6) is 5.75 Å². The Bertz CT molecular complexity index is 473. The van der Waals surface area contributed by atoms with Crippen LogP contribution in [0.1, 0.15) is 0 Å². The minimum absolute atomic E-state index is 0.208. The van der Waals surface area contributed by atoms with Crippen molar-refractivity contribution in [3.05, 3.63) is 43.0 Å². The summed E-state index contributed by atoms with van der Waals surface area (Å²) in [5, 5.41) is 0. The summed E-state index contributed by atoms with van der Waals surface area (Å²) in [6, 6.07) is 8.35. The maximum atomic E-state index is 12.0. The first-order valence-corrected chi connectivity index (χ1v) is 6.78. The normalized spacial score (nSPS) is 22.9. The molecule has 1 aliphatic heterocycles. The first kappa shape index (κ1) is 14.5. The molecule has 1 aromatic rings. The minimum Gasteiger partial charge on any atom is -0.478 e. The average molecular weight is 321 g/mol. The Labute approximate surface area is 126 Å². The number of alkyl halides is 3. The van der Waals surface area contributed by atoms with Crippen LogP contribution in [0.2, 0.25) is 0 Å². The molecule has 0 aliphatic carbocycles. The largest absolute Gasteiger partial charge is 0.478 e. The Morgan fingerprint density at radius 2 is 1.95 bits per heavy atom. The molecule has 0 unspecified atom stereocenters. The third kappa shape index (κ3) is 2.99. The van der Waals surface area contributed by atoms with Crippen LogP contribution in [0.25, 0.3) is 0 Å². The van der Waals surface area contributed by atoms with Crippen LogP contribution in [-0.4, -0.2) is 33.3 Å². The zero-order chi connectivity index (χ0) is 14.0. The lowest BCUT2D eigenvalue weighted by molar-refractivity contribution is -0.161. The van der Waals surface area contributed by atoms with Crippen molar-refractivity contribution in [2.24, 2.45) is 0 Å². The number of benzene rings is 1. The molecular formula is C13H12Cl3NO2. The van der Waals surface area contributed by atoms with Crippen molar-refractivity contribution in [2.45, 2.75) is 15.9 Å². The Hall–Kier alpha value is -0.900. The summed E-state index contributed by atoms with van der Waals surface area (Å²) in [7, 11) is 0. The number of amides is 1. The monoisotopic (exact) mass is 319 g/mol. The molecule has 3 nitrogen and oxygen atoms in total. The maximum Gasteiger partial charge on any atom is 0.266 e. The van der Waals surface area contributed by atoms with Gasteiger partial charge in [0.2, 0.25) is 9.90 Å². The lowest BCUT2D eigenvalue weighted by Crippen LogP contribution is -2.71. The summed E-state index contributed by atoms with van der Waals surface area (Å²) in [6.07, 6.45) is 0.801. The molecule has 2 rings (SSSR count). The number of hydrogen-bond donors (Lipinski definition) is 0. The van der Waals surface area contributed by atoms with Crippen LogP contribution in [-0.2, 0) is 4.79 Å². The van der Waals surface area contributed by atoms with Crippen LogP contribution in [0.3, 0.4) is 0 Å². The molecule has 1 aromatic carbocycles. The SMILES string of the molecule is C=CCN1C(=O)[C@@H](Oc2ccccc2)[C@H]1C(Cl)(Cl)Cl. The number of rotatable bonds is 4. The molecule has 0 radical (unpaired) electrons. The van der Waals surface area contributed by atoms with E-state index < -0.39 is 15.9 Å². The number of halogens is 3. The highest BCUT2D eigenvalue weighted by molar-refractivity contribution is 6.68. The lowest BCUT2D eigenvalue weighted by Gasteiger charge is -2.48. The highest BCUT2D eigenvalue weighted by Crippen LogP contribution is 2.42. The molecule has 1 fully saturated rings. The van der Waals surface area contributed by atoms with E-state index in [1.165, 1.54) is 4.90 Å². The van der Waals surface area contributed by atoms with E-state index in [1.807, 2.05) is 18.2 Å². The second-order valence-corrected chi connectivity index (χ2v) is 6.49. The summed E-state index contributed by atoms with van der Waals surface area (Å²) in [4.78, 5) is 13.4. The molecule has 1 aliphatic rings. The van der Waals surface area contributed by atoms with E-state index in [1.54, 1.807) is 18.2 Å². The average Bonchev–Trinajstić information content (AvgIpc) is 2.36. The van der Waals surface area contributed by atoms with E-state index in [0.29, 0.717) is 12.3 Å². The highest BCUT2D eigenvalue weighted by atomic mass is 35.6. The molecule has 1 saturated heterocycles. The molecule has 0 spiro atoms. The van der Waals surface area contributed by atoms with Crippen LogP contribution in [0, 0.1) is 0 Å². The van der Waals surface area contributed by atoms with E-state index in [9.17, 15) is 4.79 Å². The van der Waals surface area contributed by atoms with Gasteiger partial charge < -0.3 is 9.64 Å². The molecule has 0 N–H and O–H groups in total. The Kier molecular flexibility index (Phi) is 4.29. The smallest absolute Gasteiger partial charge is 0.266 e. The van der Waals surface area contributed by atoms with Gasteiger partial charge in [-0.2, -0.15) is 0 Å². The minimum atomic E-state index is -1.60. The third-order valence-electron chi connectivity index (χ3n) is 2.82. The molecule has 0 saturated carbocycles. The fourth-order valence-electron chi connectivity index (χ4n) is 1.97. The van der Waals surface area contributed by atoms with Gasteiger partial charge in [0.1, 0.15) is 11.8 Å². The van der Waals surface area contributed by atoms with Crippen LogP contribution >= 0.6 is 34.8 Å². The summed E-state index contributed by atoms with van der Waals surface area (Å²) in [6.45, 7) is 3.90. The third-order valence-corrected chi connectivity index (χ3v) is 3.49. The topological polar surface area (TPSA) is 29.5 Å². The number of carbonyl (C=O) groups is 1. The van der Waals surface area contributed by atoms with E-state index in [0.717, 1.165) is 0 Å². The predicted molar refractivity (Wildman–Crippen MR) is 76.8 cm³/mol. The van der Waals surface area contributed by atoms with Gasteiger partial charge in [-0.25, -0.2) is 0 Å². The van der Waals surface area contributed by atoms with Crippen molar-refractivity contribution in [3.8, 4) is 5.75 Å². The van der Waals surface area contributed by atoms with Gasteiger partial charge >= 0.3 is 0 Å². The Morgan fingerprint density at radius 1 is 1.32 bits per heavy atom. The van der Waals surface area contributed by atoms with Crippen LogP contribution < -0.4 is 4.74 Å². The van der Waals surface area contributed by atoms with E-state index in [2.05, 4.69) is 6.58 Å². The number of β-lactam (4-membered cyclic amide) rings is 1. The van der Waals surface area contributed by atoms with Gasteiger partial charge in [0, 0.05) is 6.54 Å². The Balaban J connectivity index is 2.16. The quantitative estimate of drug-likeness (QED) is 0.484. The van der Waals surface area contributed by atoms with E-state index in [-0.39, 0.29) is 5.91 Å². The summed E-state index contributed by atoms with van der Waals surface area (Å²) < 4.78 is 4.00. The first-order valence-electron chi connectivity index (χ1n) is 5.65. The Morgan fingerprint density at radius 3 is 2.47 bits per heavy atom. The zero-order valence-electron chi connectivity index (χ0n) is 9.93. The second kappa shape index (κ2) is 5.61. The van der Waals surface area contributed by atoms with Crippen molar-refractivity contribution >= 4 is 40.7 Å². The molecule has 19 heavy (non-hydrogen) atoms. The van der Waals surface area contributed by atoms with Gasteiger partial charge in [-0.3, -0.25) is 4.79 Å². The number of ether oxygens (including phenoxy) is 1. The zero-order valence-corrected chi connectivity index (χ0v) is 12.2. The van der Waals surface area contributed by atoms with Crippen molar-refractivity contribution in [3.63, 3.8) is 0 Å². The fraction of sp³-hybridized carbons (Fsp3) is 0.308. The summed E-state index contributed by atoms with van der Waals surface area (Å²) in [5.74, 6) is 0.360. The second-order valence-electron chi connectivity index (χ2n) is 4.12. The van der Waals surface area contributed by atoms with Gasteiger partial charge in [-0.1, -0.05) is 59.1 Å². The standard InChI is InChI=1S/C13H12Cl3NO2/c1-2-8-17-11(13(14,15)16)10(12(17)18)19-9-6-4-3-5-7-9/h2-7,10-11H,1,8H2/t10-,11-/m0/s1. The lowest BCUT2D eigenvalue weighted by atomic mass is 9.99. The molecule has 1 amide bonds. The van der Waals surface area contributed by atoms with E-state index >= 15 is 0 Å². The molecule has 6 heteroatoms. The fourth-order valence-corrected chi connectivity index (χ4v) is 2.67. The number of nitrogens with zero attached hydrogens (tertiary/aromatic N) is 1. The van der Waals surface area contributed by atoms with Gasteiger partial charge in [0.25, 0.3) is 5.91 Å². The summed E-state index contributed by atoms with van der Waals surface area (Å²) in [5.41, 5.74) is 0. The predicted octanol–water partition coefficient (Wildman–Crippen LogP) is 3.20. The van der Waals surface area contributed by atoms with Crippen molar-refractivity contribution in [1.29, 1.82) is 0 Å². The number of carbonyl (C=O) groups excluding carboxylic acids is 1. The molecular weight excluding hydrogens is 309 g/mol. The van der Waals surface area contributed by atoms with Crippen LogP contribution in [0.4, 0.5) is 0 Å². The van der Waals surface area contributed by atoms with Gasteiger partial charge in [-0.15, -0.1) is 6.58 Å². The van der Waals surface area contributed by atoms with Crippen molar-refractivity contribution in [2.75, 3.05) is 6.54 Å². The number of para-hydroxylation sites is 1. The molecule has 2 atom stereocenters. The maximum absolute atomic E-state index is 12.0. The number of hydrogen-bond acceptors (Lipinski definition) is 2. The van der Waals surface area contributed by atoms with Crippen molar-refractivity contribution < 1.29 is 9.53 Å². The highest BCUT2D eigenvalue weighted by Gasteiger charge is 2.58. The van der Waals surface area contributed by atoms with Crippen molar-refractivity contribution in [1.82, 2.24) is 4.90 Å². The molecule has 0 bridgehead atoms. The summed E-state index contributed by atoms with van der Waals surface area (Å²) >= 11 is 17.7. The number of likely N-dealkylation sites (tertiary alicyclic amines) is 1. The van der Waals surface area contributed by atoms with E-state index in [4.69, 9.17) is 39.5 Å². The van der Waals surface area contributed by atoms with Gasteiger partial charge in [-0.05, 0) is 12.1 Å². The van der Waals surface area contributed by atoms with Gasteiger partial charge in [0.05, 0.1) is 0 Å². The van der Waals surface area contributed by atoms with Gasteiger partial charge in [0.15, 0.2) is 0 Å².